The van der Waals surface area contributed by atoms with E-state index in [-0.39, 0.29) is 11.7 Å². The highest BCUT2D eigenvalue weighted by Crippen LogP contribution is 2.36. The van der Waals surface area contributed by atoms with E-state index in [1.807, 2.05) is 0 Å². The van der Waals surface area contributed by atoms with Gasteiger partial charge in [0.25, 0.3) is 0 Å². The normalized spacial score (nSPS) is 19.9. The van der Waals surface area contributed by atoms with Crippen LogP contribution in [0.4, 0.5) is 9.18 Å². The maximum atomic E-state index is 13.5. The Balaban J connectivity index is 1.45. The summed E-state index contributed by atoms with van der Waals surface area (Å²) in [4.78, 5) is 17.2. The van der Waals surface area contributed by atoms with Gasteiger partial charge < -0.3 is 20.4 Å². The molecule has 0 atom stereocenters. The van der Waals surface area contributed by atoms with Gasteiger partial charge in [0.1, 0.15) is 5.75 Å². The zero-order valence-electron chi connectivity index (χ0n) is 14.2. The van der Waals surface area contributed by atoms with Crippen molar-refractivity contribution in [3.63, 3.8) is 0 Å². The van der Waals surface area contributed by atoms with Gasteiger partial charge >= 0.3 is 6.09 Å². The number of phenols is 2. The predicted molar refractivity (Wildman–Crippen MR) is 89.7 cm³/mol. The fourth-order valence-electron chi connectivity index (χ4n) is 3.74. The minimum Gasteiger partial charge on any atom is -0.508 e. The molecular formula is C18H25FN2O4. The quantitative estimate of drug-likeness (QED) is 0.775. The van der Waals surface area contributed by atoms with E-state index in [1.54, 1.807) is 5.06 Å². The molecule has 1 aromatic carbocycles. The first-order chi connectivity index (χ1) is 12.0. The van der Waals surface area contributed by atoms with Crippen LogP contribution in [0.15, 0.2) is 12.1 Å². The molecule has 1 aliphatic heterocycles. The summed E-state index contributed by atoms with van der Waals surface area (Å²) in [5, 5.41) is 23.6. The van der Waals surface area contributed by atoms with Crippen LogP contribution in [-0.4, -0.2) is 41.0 Å². The van der Waals surface area contributed by atoms with E-state index in [0.717, 1.165) is 6.07 Å². The lowest BCUT2D eigenvalue weighted by Gasteiger charge is -2.31. The number of piperidine rings is 1. The molecule has 1 aliphatic carbocycles. The summed E-state index contributed by atoms with van der Waals surface area (Å²) in [5.74, 6) is -0.867. The van der Waals surface area contributed by atoms with Crippen molar-refractivity contribution in [1.29, 1.82) is 0 Å². The number of amides is 1. The lowest BCUT2D eigenvalue weighted by Crippen LogP contribution is -2.39. The topological polar surface area (TPSA) is 82.0 Å². The molecule has 2 aliphatic rings. The Morgan fingerprint density at radius 2 is 1.84 bits per heavy atom. The number of aromatic hydroxyl groups is 2. The van der Waals surface area contributed by atoms with Crippen molar-refractivity contribution in [2.24, 2.45) is 5.92 Å². The van der Waals surface area contributed by atoms with Crippen molar-refractivity contribution >= 4 is 6.09 Å². The van der Waals surface area contributed by atoms with Gasteiger partial charge in [0.15, 0.2) is 11.6 Å². The number of halogens is 1. The Kier molecular flexibility index (Phi) is 5.63. The second-order valence-electron chi connectivity index (χ2n) is 6.98. The van der Waals surface area contributed by atoms with Crippen LogP contribution in [0.25, 0.3) is 0 Å². The first kappa shape index (κ1) is 17.8. The fourth-order valence-corrected chi connectivity index (χ4v) is 3.74. The molecule has 25 heavy (non-hydrogen) atoms. The number of benzene rings is 1. The summed E-state index contributed by atoms with van der Waals surface area (Å²) in [5.41, 5.74) is 0.487. The average Bonchev–Trinajstić information content (AvgIpc) is 3.11. The summed E-state index contributed by atoms with van der Waals surface area (Å²) >= 11 is 0. The molecule has 1 saturated heterocycles. The molecule has 1 saturated carbocycles. The van der Waals surface area contributed by atoms with E-state index in [4.69, 9.17) is 4.84 Å². The van der Waals surface area contributed by atoms with Crippen molar-refractivity contribution in [2.75, 3.05) is 19.6 Å². The number of carbonyl (C=O) groups excluding carboxylic acids is 1. The fraction of sp³-hybridized carbons (Fsp3) is 0.611. The average molecular weight is 352 g/mol. The van der Waals surface area contributed by atoms with E-state index in [1.165, 1.54) is 31.7 Å². The molecule has 0 radical (unpaired) electrons. The number of carbonyl (C=O) groups is 1. The van der Waals surface area contributed by atoms with Crippen molar-refractivity contribution < 1.29 is 24.2 Å². The maximum absolute atomic E-state index is 13.5. The SMILES string of the molecule is O=C(NCC1CCCC1)ON1CCC(c2cc(F)c(O)cc2O)CC1. The van der Waals surface area contributed by atoms with Crippen molar-refractivity contribution in [2.45, 2.75) is 44.4 Å². The second kappa shape index (κ2) is 7.91. The number of nitrogens with one attached hydrogen (secondary N) is 1. The van der Waals surface area contributed by atoms with Crippen LogP contribution in [0.5, 0.6) is 11.5 Å². The Morgan fingerprint density at radius 1 is 1.16 bits per heavy atom. The zero-order chi connectivity index (χ0) is 17.8. The summed E-state index contributed by atoms with van der Waals surface area (Å²) in [7, 11) is 0. The summed E-state index contributed by atoms with van der Waals surface area (Å²) in [6.45, 7) is 1.70. The van der Waals surface area contributed by atoms with Gasteiger partial charge in [-0.05, 0) is 43.6 Å². The van der Waals surface area contributed by atoms with Crippen LogP contribution in [0.3, 0.4) is 0 Å². The minimum atomic E-state index is -0.738. The van der Waals surface area contributed by atoms with Gasteiger partial charge in [0, 0.05) is 31.3 Å². The molecule has 1 heterocycles. The number of hydrogen-bond donors (Lipinski definition) is 3. The molecule has 7 heteroatoms. The third-order valence-corrected chi connectivity index (χ3v) is 5.21. The molecular weight excluding hydrogens is 327 g/mol. The predicted octanol–water partition coefficient (Wildman–Crippen LogP) is 3.25. The Labute approximate surface area is 146 Å². The molecule has 3 N–H and O–H groups in total. The second-order valence-corrected chi connectivity index (χ2v) is 6.98. The molecule has 1 aromatic rings. The molecule has 3 rings (SSSR count). The van der Waals surface area contributed by atoms with Crippen LogP contribution in [-0.2, 0) is 4.84 Å². The highest BCUT2D eigenvalue weighted by Gasteiger charge is 2.26. The molecule has 2 fully saturated rings. The highest BCUT2D eigenvalue weighted by atomic mass is 19.1. The van der Waals surface area contributed by atoms with Gasteiger partial charge in [-0.25, -0.2) is 9.18 Å². The monoisotopic (exact) mass is 352 g/mol. The first-order valence-electron chi connectivity index (χ1n) is 8.95. The van der Waals surface area contributed by atoms with Crippen LogP contribution < -0.4 is 5.32 Å². The molecule has 0 bridgehead atoms. The number of rotatable bonds is 4. The van der Waals surface area contributed by atoms with E-state index >= 15 is 0 Å². The number of hydrogen-bond acceptors (Lipinski definition) is 5. The zero-order valence-corrected chi connectivity index (χ0v) is 14.2. The first-order valence-corrected chi connectivity index (χ1v) is 8.95. The van der Waals surface area contributed by atoms with Crippen molar-refractivity contribution in [3.05, 3.63) is 23.5 Å². The lowest BCUT2D eigenvalue weighted by atomic mass is 9.89. The number of nitrogens with zero attached hydrogens (tertiary/aromatic N) is 1. The Morgan fingerprint density at radius 3 is 2.52 bits per heavy atom. The third kappa shape index (κ3) is 4.54. The number of phenolic OH excluding ortho intramolecular Hbond substituents is 2. The molecule has 0 unspecified atom stereocenters. The summed E-state index contributed by atoms with van der Waals surface area (Å²) in [6, 6.07) is 2.21. The number of hydroxylamine groups is 2. The molecule has 0 aromatic heterocycles. The van der Waals surface area contributed by atoms with Gasteiger partial charge in [0.2, 0.25) is 0 Å². The standard InChI is InChI=1S/C18H25FN2O4/c19-15-9-14(16(22)10-17(15)23)13-5-7-21(8-6-13)25-18(24)20-11-12-3-1-2-4-12/h9-10,12-13,22-23H,1-8,11H2,(H,20,24). The Hall–Kier alpha value is -2.02. The van der Waals surface area contributed by atoms with Gasteiger partial charge in [0.05, 0.1) is 0 Å². The molecule has 0 spiro atoms. The van der Waals surface area contributed by atoms with Crippen molar-refractivity contribution in [3.8, 4) is 11.5 Å². The van der Waals surface area contributed by atoms with Gasteiger partial charge in [-0.2, -0.15) is 0 Å². The van der Waals surface area contributed by atoms with E-state index in [9.17, 15) is 19.4 Å². The maximum Gasteiger partial charge on any atom is 0.426 e. The minimum absolute atomic E-state index is 0.0310. The van der Waals surface area contributed by atoms with Gasteiger partial charge in [-0.3, -0.25) is 0 Å². The molecule has 138 valence electrons. The Bertz CT molecular complexity index is 611. The van der Waals surface area contributed by atoms with E-state index < -0.39 is 17.7 Å². The summed E-state index contributed by atoms with van der Waals surface area (Å²) in [6.07, 6.45) is 5.64. The van der Waals surface area contributed by atoms with Crippen LogP contribution in [0, 0.1) is 11.7 Å². The smallest absolute Gasteiger partial charge is 0.426 e. The van der Waals surface area contributed by atoms with Crippen LogP contribution in [0.1, 0.15) is 50.0 Å². The van der Waals surface area contributed by atoms with Gasteiger partial charge in [-0.15, -0.1) is 5.06 Å². The van der Waals surface area contributed by atoms with Crippen molar-refractivity contribution in [1.82, 2.24) is 10.4 Å². The van der Waals surface area contributed by atoms with Crippen LogP contribution >= 0.6 is 0 Å². The van der Waals surface area contributed by atoms with Crippen LogP contribution in [0.2, 0.25) is 0 Å². The van der Waals surface area contributed by atoms with E-state index in [0.29, 0.717) is 44.0 Å². The third-order valence-electron chi connectivity index (χ3n) is 5.21. The highest BCUT2D eigenvalue weighted by molar-refractivity contribution is 5.66. The molecule has 6 nitrogen and oxygen atoms in total. The molecule has 1 amide bonds. The van der Waals surface area contributed by atoms with Gasteiger partial charge in [-0.1, -0.05) is 12.8 Å². The van der Waals surface area contributed by atoms with E-state index in [2.05, 4.69) is 5.32 Å². The largest absolute Gasteiger partial charge is 0.508 e. The summed E-state index contributed by atoms with van der Waals surface area (Å²) < 4.78 is 13.5. The lowest BCUT2D eigenvalue weighted by molar-refractivity contribution is -0.114.